The van der Waals surface area contributed by atoms with Gasteiger partial charge in [0.25, 0.3) is 11.4 Å². The molecule has 19 heavy (non-hydrogen) atoms. The predicted octanol–water partition coefficient (Wildman–Crippen LogP) is 2.77. The minimum atomic E-state index is -0.210. The largest absolute Gasteiger partial charge is 0.333 e. The molecule has 0 amide bonds. The van der Waals surface area contributed by atoms with E-state index < -0.39 is 0 Å². The van der Waals surface area contributed by atoms with Gasteiger partial charge in [-0.15, -0.1) is 0 Å². The Morgan fingerprint density at radius 3 is 2.89 bits per heavy atom. The number of hydrogen-bond acceptors (Lipinski definition) is 5. The Kier molecular flexibility index (Phi) is 2.79. The number of nitrogens with one attached hydrogen (secondary N) is 1. The van der Waals surface area contributed by atoms with E-state index in [0.29, 0.717) is 11.4 Å². The van der Waals surface area contributed by atoms with Gasteiger partial charge in [-0.3, -0.25) is 4.79 Å². The molecule has 0 aliphatic rings. The summed E-state index contributed by atoms with van der Waals surface area (Å²) >= 11 is 1.56. The van der Waals surface area contributed by atoms with Gasteiger partial charge in [-0.25, -0.2) is 0 Å². The maximum atomic E-state index is 12.0. The smallest absolute Gasteiger partial charge is 0.264 e. The van der Waals surface area contributed by atoms with Crippen LogP contribution in [0.25, 0.3) is 22.8 Å². The molecule has 0 aliphatic heterocycles. The molecule has 3 heterocycles. The lowest BCUT2D eigenvalue weighted by Gasteiger charge is -2.00. The van der Waals surface area contributed by atoms with Gasteiger partial charge in [0, 0.05) is 16.6 Å². The summed E-state index contributed by atoms with van der Waals surface area (Å²) in [6, 6.07) is 3.79. The number of thiophene rings is 1. The molecule has 0 bridgehead atoms. The van der Waals surface area contributed by atoms with Crippen molar-refractivity contribution in [3.05, 3.63) is 44.5 Å². The summed E-state index contributed by atoms with van der Waals surface area (Å²) in [5.41, 5.74) is 2.74. The zero-order valence-corrected chi connectivity index (χ0v) is 11.2. The van der Waals surface area contributed by atoms with Crippen molar-refractivity contribution in [1.82, 2.24) is 15.1 Å². The fourth-order valence-electron chi connectivity index (χ4n) is 1.95. The topological polar surface area (TPSA) is 71.8 Å². The molecule has 0 aliphatic carbocycles. The highest BCUT2D eigenvalue weighted by atomic mass is 32.1. The molecule has 1 N–H and O–H groups in total. The van der Waals surface area contributed by atoms with Crippen LogP contribution < -0.4 is 5.56 Å². The summed E-state index contributed by atoms with van der Waals surface area (Å²) in [5, 5.41) is 7.78. The summed E-state index contributed by atoms with van der Waals surface area (Å²) in [6.07, 6.45) is 0. The van der Waals surface area contributed by atoms with Crippen LogP contribution in [0, 0.1) is 13.8 Å². The highest BCUT2D eigenvalue weighted by Gasteiger charge is 2.16. The molecular formula is C13H11N3O2S. The van der Waals surface area contributed by atoms with Gasteiger partial charge < -0.3 is 9.51 Å². The van der Waals surface area contributed by atoms with Gasteiger partial charge in [-0.2, -0.15) is 16.3 Å². The fourth-order valence-corrected chi connectivity index (χ4v) is 2.59. The normalized spacial score (nSPS) is 10.8. The summed E-state index contributed by atoms with van der Waals surface area (Å²) in [5.74, 6) is 0.746. The van der Waals surface area contributed by atoms with E-state index in [9.17, 15) is 4.79 Å². The van der Waals surface area contributed by atoms with Gasteiger partial charge in [-0.1, -0.05) is 5.16 Å². The number of hydrogen-bond donors (Lipinski definition) is 1. The minimum absolute atomic E-state index is 0.210. The van der Waals surface area contributed by atoms with Crippen molar-refractivity contribution in [2.24, 2.45) is 0 Å². The Labute approximate surface area is 112 Å². The number of aromatic amines is 1. The van der Waals surface area contributed by atoms with Crippen LogP contribution in [-0.4, -0.2) is 15.1 Å². The lowest BCUT2D eigenvalue weighted by Crippen LogP contribution is -2.12. The van der Waals surface area contributed by atoms with Crippen molar-refractivity contribution < 1.29 is 4.52 Å². The highest BCUT2D eigenvalue weighted by Crippen LogP contribution is 2.23. The Morgan fingerprint density at radius 1 is 1.37 bits per heavy atom. The first-order valence-electron chi connectivity index (χ1n) is 5.72. The van der Waals surface area contributed by atoms with Crippen LogP contribution in [0.2, 0.25) is 0 Å². The van der Waals surface area contributed by atoms with Gasteiger partial charge >= 0.3 is 0 Å². The average Bonchev–Trinajstić information content (AvgIpc) is 2.97. The van der Waals surface area contributed by atoms with E-state index >= 15 is 0 Å². The Balaban J connectivity index is 2.12. The monoisotopic (exact) mass is 273 g/mol. The number of pyridine rings is 1. The molecule has 0 spiro atoms. The molecule has 5 nitrogen and oxygen atoms in total. The number of aryl methyl sites for hydroxylation is 2. The van der Waals surface area contributed by atoms with E-state index in [0.717, 1.165) is 16.8 Å². The Morgan fingerprint density at radius 2 is 2.21 bits per heavy atom. The number of aromatic nitrogens is 3. The lowest BCUT2D eigenvalue weighted by molar-refractivity contribution is 0.431. The molecular weight excluding hydrogens is 262 g/mol. The van der Waals surface area contributed by atoms with Gasteiger partial charge in [0.15, 0.2) is 0 Å². The lowest BCUT2D eigenvalue weighted by atomic mass is 10.1. The van der Waals surface area contributed by atoms with Crippen molar-refractivity contribution in [3.8, 4) is 22.8 Å². The Hall–Kier alpha value is -2.21. The second kappa shape index (κ2) is 4.47. The van der Waals surface area contributed by atoms with Crippen LogP contribution in [0.4, 0.5) is 0 Å². The van der Waals surface area contributed by atoms with Crippen molar-refractivity contribution in [1.29, 1.82) is 0 Å². The third kappa shape index (κ3) is 2.10. The molecule has 3 rings (SSSR count). The zero-order chi connectivity index (χ0) is 13.4. The predicted molar refractivity (Wildman–Crippen MR) is 73.1 cm³/mol. The molecule has 0 fully saturated rings. The molecule has 3 aromatic heterocycles. The van der Waals surface area contributed by atoms with Gasteiger partial charge in [-0.05, 0) is 36.9 Å². The second-order valence-electron chi connectivity index (χ2n) is 4.27. The number of rotatable bonds is 2. The number of nitrogens with zero attached hydrogens (tertiary/aromatic N) is 2. The third-order valence-corrected chi connectivity index (χ3v) is 3.47. The molecule has 0 radical (unpaired) electrons. The molecule has 0 saturated carbocycles. The zero-order valence-electron chi connectivity index (χ0n) is 10.4. The molecule has 96 valence electrons. The molecule has 3 aromatic rings. The van der Waals surface area contributed by atoms with E-state index in [1.165, 1.54) is 0 Å². The molecule has 0 atom stereocenters. The van der Waals surface area contributed by atoms with Crippen LogP contribution in [-0.2, 0) is 0 Å². The first-order chi connectivity index (χ1) is 9.15. The standard InChI is InChI=1S/C13H11N3O2S/c1-7-5-8(2)14-12(17)10(7)13-15-11(16-18-13)9-3-4-19-6-9/h3-6H,1-2H3,(H,14,17). The second-order valence-corrected chi connectivity index (χ2v) is 5.05. The SMILES string of the molecule is Cc1cc(C)c(-c2nc(-c3ccsc3)no2)c(=O)[nH]1. The summed E-state index contributed by atoms with van der Waals surface area (Å²) < 4.78 is 5.20. The Bertz CT molecular complexity index is 772. The van der Waals surface area contributed by atoms with Crippen LogP contribution in [0.15, 0.2) is 32.2 Å². The first-order valence-corrected chi connectivity index (χ1v) is 6.66. The average molecular weight is 273 g/mol. The highest BCUT2D eigenvalue weighted by molar-refractivity contribution is 7.08. The van der Waals surface area contributed by atoms with E-state index in [1.807, 2.05) is 36.7 Å². The molecule has 0 saturated heterocycles. The van der Waals surface area contributed by atoms with Crippen LogP contribution >= 0.6 is 11.3 Å². The van der Waals surface area contributed by atoms with E-state index in [-0.39, 0.29) is 11.4 Å². The van der Waals surface area contributed by atoms with E-state index in [2.05, 4.69) is 15.1 Å². The maximum Gasteiger partial charge on any atom is 0.264 e. The maximum absolute atomic E-state index is 12.0. The first kappa shape index (κ1) is 11.9. The van der Waals surface area contributed by atoms with Gasteiger partial charge in [0.05, 0.1) is 0 Å². The van der Waals surface area contributed by atoms with Crippen LogP contribution in [0.5, 0.6) is 0 Å². The molecule has 6 heteroatoms. The van der Waals surface area contributed by atoms with Crippen molar-refractivity contribution in [3.63, 3.8) is 0 Å². The van der Waals surface area contributed by atoms with Crippen molar-refractivity contribution in [2.45, 2.75) is 13.8 Å². The quantitative estimate of drug-likeness (QED) is 0.779. The summed E-state index contributed by atoms with van der Waals surface area (Å²) in [4.78, 5) is 19.0. The fraction of sp³-hybridized carbons (Fsp3) is 0.154. The van der Waals surface area contributed by atoms with E-state index in [1.54, 1.807) is 11.3 Å². The van der Waals surface area contributed by atoms with E-state index in [4.69, 9.17) is 4.52 Å². The summed E-state index contributed by atoms with van der Waals surface area (Å²) in [7, 11) is 0. The summed E-state index contributed by atoms with van der Waals surface area (Å²) in [6.45, 7) is 3.69. The molecule has 0 unspecified atom stereocenters. The van der Waals surface area contributed by atoms with Crippen molar-refractivity contribution >= 4 is 11.3 Å². The van der Waals surface area contributed by atoms with Crippen LogP contribution in [0.1, 0.15) is 11.3 Å². The van der Waals surface area contributed by atoms with Crippen molar-refractivity contribution in [2.75, 3.05) is 0 Å². The van der Waals surface area contributed by atoms with Gasteiger partial charge in [0.1, 0.15) is 5.56 Å². The van der Waals surface area contributed by atoms with Crippen LogP contribution in [0.3, 0.4) is 0 Å². The van der Waals surface area contributed by atoms with Gasteiger partial charge in [0.2, 0.25) is 5.82 Å². The number of H-pyrrole nitrogens is 1. The minimum Gasteiger partial charge on any atom is -0.333 e. The molecule has 0 aromatic carbocycles. The third-order valence-electron chi connectivity index (χ3n) is 2.78.